The van der Waals surface area contributed by atoms with Crippen molar-refractivity contribution in [1.82, 2.24) is 0 Å². The average Bonchev–Trinajstić information content (AvgIpc) is 2.22. The van der Waals surface area contributed by atoms with Crippen LogP contribution in [0, 0.1) is 6.92 Å². The topological polar surface area (TPSA) is 0 Å². The van der Waals surface area contributed by atoms with Gasteiger partial charge in [0.1, 0.15) is 0 Å². The molecule has 0 aliphatic carbocycles. The predicted molar refractivity (Wildman–Crippen MR) is 70.2 cm³/mol. The van der Waals surface area contributed by atoms with E-state index in [-0.39, 0.29) is 0 Å². The summed E-state index contributed by atoms with van der Waals surface area (Å²) in [5.74, 6) is 2.21. The Bertz CT molecular complexity index is 369. The first-order valence-corrected chi connectivity index (χ1v) is 5.58. The molecule has 1 heterocycles. The molecule has 0 amide bonds. The molecule has 0 aromatic carbocycles. The van der Waals surface area contributed by atoms with Crippen molar-refractivity contribution in [2.45, 2.75) is 34.1 Å². The minimum absolute atomic E-state index is 1.08. The van der Waals surface area contributed by atoms with Gasteiger partial charge in [-0.15, -0.1) is 0 Å². The molecular formula is C14H19B. The van der Waals surface area contributed by atoms with E-state index < -0.39 is 0 Å². The molecule has 1 aromatic heterocycles. The van der Waals surface area contributed by atoms with E-state index in [2.05, 4.69) is 64.9 Å². The van der Waals surface area contributed by atoms with Gasteiger partial charge < -0.3 is 0 Å². The van der Waals surface area contributed by atoms with Crippen LogP contribution >= 0.6 is 0 Å². The summed E-state index contributed by atoms with van der Waals surface area (Å²) in [6, 6.07) is 4.38. The van der Waals surface area contributed by atoms with E-state index in [0.29, 0.717) is 0 Å². The van der Waals surface area contributed by atoms with Crippen molar-refractivity contribution in [3.63, 3.8) is 0 Å². The third-order valence-corrected chi connectivity index (χ3v) is 2.65. The summed E-state index contributed by atoms with van der Waals surface area (Å²) < 4.78 is 0. The first-order valence-electron chi connectivity index (χ1n) is 5.58. The minimum atomic E-state index is 1.08. The first-order chi connectivity index (χ1) is 7.19. The molecule has 0 nitrogen and oxygen atoms in total. The Morgan fingerprint density at radius 2 is 2.13 bits per heavy atom. The standard InChI is InChI=1S/C14H19B/c1-5-7-11(3)14(6-2)13-9-8-12(4)15-10-13/h5,7-10H,6H2,1-4H3/b7-5-,14-11+. The van der Waals surface area contributed by atoms with Crippen molar-refractivity contribution >= 4 is 12.5 Å². The summed E-state index contributed by atoms with van der Waals surface area (Å²) in [4.78, 5) is 0. The third-order valence-electron chi connectivity index (χ3n) is 2.65. The van der Waals surface area contributed by atoms with E-state index in [4.69, 9.17) is 0 Å². The van der Waals surface area contributed by atoms with Crippen molar-refractivity contribution in [1.29, 1.82) is 0 Å². The third kappa shape index (κ3) is 3.19. The Balaban J connectivity index is 3.12. The molecule has 0 N–H and O–H groups in total. The molecule has 0 aliphatic heterocycles. The molecule has 0 fully saturated rings. The molecule has 0 spiro atoms. The molecule has 78 valence electrons. The van der Waals surface area contributed by atoms with Crippen LogP contribution < -0.4 is 0 Å². The molecule has 0 saturated heterocycles. The molecule has 0 radical (unpaired) electrons. The number of allylic oxidation sites excluding steroid dienone is 4. The van der Waals surface area contributed by atoms with E-state index >= 15 is 0 Å². The summed E-state index contributed by atoms with van der Waals surface area (Å²) in [6.07, 6.45) is 5.36. The summed E-state index contributed by atoms with van der Waals surface area (Å²) in [5.41, 5.74) is 5.47. The number of hydrogen-bond donors (Lipinski definition) is 0. The van der Waals surface area contributed by atoms with Crippen LogP contribution in [0.3, 0.4) is 0 Å². The second-order valence-corrected chi connectivity index (χ2v) is 3.88. The molecule has 0 atom stereocenters. The van der Waals surface area contributed by atoms with Crippen LogP contribution in [0.4, 0.5) is 0 Å². The van der Waals surface area contributed by atoms with Crippen LogP contribution in [0.5, 0.6) is 0 Å². The molecule has 1 rings (SSSR count). The maximum absolute atomic E-state index is 2.21. The zero-order chi connectivity index (χ0) is 11.3. The zero-order valence-electron chi connectivity index (χ0n) is 10.2. The van der Waals surface area contributed by atoms with E-state index in [1.165, 1.54) is 22.2 Å². The molecule has 0 unspecified atom stereocenters. The molecule has 1 aromatic rings. The first kappa shape index (κ1) is 12.0. The van der Waals surface area contributed by atoms with Gasteiger partial charge in [-0.1, -0.05) is 0 Å². The van der Waals surface area contributed by atoms with Gasteiger partial charge in [-0.2, -0.15) is 0 Å². The van der Waals surface area contributed by atoms with Gasteiger partial charge in [0.2, 0.25) is 0 Å². The fourth-order valence-electron chi connectivity index (χ4n) is 1.82. The fraction of sp³-hybridized carbons (Fsp3) is 0.357. The van der Waals surface area contributed by atoms with Crippen LogP contribution in [-0.2, 0) is 0 Å². The van der Waals surface area contributed by atoms with Crippen molar-refractivity contribution in [3.8, 4) is 0 Å². The van der Waals surface area contributed by atoms with Crippen molar-refractivity contribution in [2.24, 2.45) is 0 Å². The SMILES string of the molecule is C/C=C\C(C)=C(/CC)c1cbc(C)cc1. The maximum atomic E-state index is 2.21. The summed E-state index contributed by atoms with van der Waals surface area (Å²) in [6.45, 7) is 10.7. The normalized spacial score (nSPS) is 12.8. The van der Waals surface area contributed by atoms with Gasteiger partial charge in [-0.05, 0) is 0 Å². The van der Waals surface area contributed by atoms with Crippen LogP contribution in [0.2, 0.25) is 0 Å². The van der Waals surface area contributed by atoms with Crippen LogP contribution in [0.25, 0.3) is 5.57 Å². The number of hydrogen-bond acceptors (Lipinski definition) is 0. The molecule has 0 saturated carbocycles. The Kier molecular flexibility index (Phi) is 4.55. The second kappa shape index (κ2) is 5.70. The molecular weight excluding hydrogens is 179 g/mol. The average molecular weight is 198 g/mol. The summed E-state index contributed by atoms with van der Waals surface area (Å²) in [7, 11) is 0. The van der Waals surface area contributed by atoms with Gasteiger partial charge in [-0.3, -0.25) is 0 Å². The van der Waals surface area contributed by atoms with Crippen LogP contribution in [-0.4, -0.2) is 6.91 Å². The number of rotatable bonds is 3. The molecule has 0 aliphatic rings. The van der Waals surface area contributed by atoms with Crippen molar-refractivity contribution in [2.75, 3.05) is 0 Å². The van der Waals surface area contributed by atoms with E-state index in [9.17, 15) is 0 Å². The number of aryl methyl sites for hydroxylation is 1. The molecule has 1 heteroatoms. The van der Waals surface area contributed by atoms with Gasteiger partial charge in [0.05, 0.1) is 0 Å². The van der Waals surface area contributed by atoms with E-state index in [0.717, 1.165) is 6.42 Å². The predicted octanol–water partition coefficient (Wildman–Crippen LogP) is 4.09. The Morgan fingerprint density at radius 1 is 1.40 bits per heavy atom. The quantitative estimate of drug-likeness (QED) is 0.641. The fourth-order valence-corrected chi connectivity index (χ4v) is 1.82. The van der Waals surface area contributed by atoms with Crippen LogP contribution in [0.1, 0.15) is 38.2 Å². The van der Waals surface area contributed by atoms with Gasteiger partial charge in [0.25, 0.3) is 0 Å². The Morgan fingerprint density at radius 3 is 2.60 bits per heavy atom. The van der Waals surface area contributed by atoms with Gasteiger partial charge in [0, 0.05) is 0 Å². The van der Waals surface area contributed by atoms with E-state index in [1.807, 2.05) is 0 Å². The molecule has 15 heavy (non-hydrogen) atoms. The van der Waals surface area contributed by atoms with Crippen LogP contribution in [0.15, 0.2) is 35.8 Å². The monoisotopic (exact) mass is 198 g/mol. The summed E-state index contributed by atoms with van der Waals surface area (Å²) in [5, 5.41) is 0. The van der Waals surface area contributed by atoms with Crippen molar-refractivity contribution in [3.05, 3.63) is 46.8 Å². The van der Waals surface area contributed by atoms with Gasteiger partial charge >= 0.3 is 93.4 Å². The Hall–Kier alpha value is -1.11. The molecule has 0 bridgehead atoms. The zero-order valence-corrected chi connectivity index (χ0v) is 10.2. The second-order valence-electron chi connectivity index (χ2n) is 3.88. The van der Waals surface area contributed by atoms with Gasteiger partial charge in [0.15, 0.2) is 0 Å². The Labute approximate surface area is 93.9 Å². The summed E-state index contributed by atoms with van der Waals surface area (Å²) >= 11 is 0. The van der Waals surface area contributed by atoms with E-state index in [1.54, 1.807) is 0 Å². The van der Waals surface area contributed by atoms with Crippen molar-refractivity contribution < 1.29 is 0 Å². The van der Waals surface area contributed by atoms with Gasteiger partial charge in [-0.25, -0.2) is 0 Å².